The molecule has 6 heteroatoms. The molecule has 0 unspecified atom stereocenters. The number of ketones is 1. The third-order valence-electron chi connectivity index (χ3n) is 3.44. The lowest BCUT2D eigenvalue weighted by atomic mass is 9.83. The van der Waals surface area contributed by atoms with Crippen molar-refractivity contribution in [3.63, 3.8) is 0 Å². The van der Waals surface area contributed by atoms with E-state index in [0.29, 0.717) is 30.2 Å². The van der Waals surface area contributed by atoms with E-state index in [1.807, 2.05) is 27.7 Å². The van der Waals surface area contributed by atoms with Crippen LogP contribution in [-0.4, -0.2) is 35.5 Å². The zero-order chi connectivity index (χ0) is 17.8. The standard InChI is InChI=1S/C17H24BrNO4/c1-6-19(16(21)22)15-12(17(3,4)5)8-11(13(20)10-18)9-14(15)23-7-2/h8-9H,6-7,10H2,1-5H3,(H,21,22). The molecule has 0 radical (unpaired) electrons. The Kier molecular flexibility index (Phi) is 6.62. The van der Waals surface area contributed by atoms with Gasteiger partial charge in [0.05, 0.1) is 17.6 Å². The molecular weight excluding hydrogens is 362 g/mol. The summed E-state index contributed by atoms with van der Waals surface area (Å²) in [6.45, 7) is 10.2. The molecule has 1 amide bonds. The highest BCUT2D eigenvalue weighted by atomic mass is 79.9. The molecule has 0 aliphatic carbocycles. The zero-order valence-corrected chi connectivity index (χ0v) is 15.9. The highest BCUT2D eigenvalue weighted by Gasteiger charge is 2.29. The van der Waals surface area contributed by atoms with Gasteiger partial charge in [0.1, 0.15) is 5.75 Å². The van der Waals surface area contributed by atoms with Crippen molar-refractivity contribution in [3.05, 3.63) is 23.3 Å². The average Bonchev–Trinajstić information content (AvgIpc) is 2.46. The van der Waals surface area contributed by atoms with E-state index in [-0.39, 0.29) is 16.5 Å². The van der Waals surface area contributed by atoms with Crippen molar-refractivity contribution >= 4 is 33.5 Å². The Morgan fingerprint density at radius 1 is 1.26 bits per heavy atom. The van der Waals surface area contributed by atoms with Gasteiger partial charge in [-0.05, 0) is 37.0 Å². The van der Waals surface area contributed by atoms with Crippen LogP contribution >= 0.6 is 15.9 Å². The zero-order valence-electron chi connectivity index (χ0n) is 14.3. The van der Waals surface area contributed by atoms with Crippen molar-refractivity contribution in [1.82, 2.24) is 0 Å². The minimum atomic E-state index is -1.04. The van der Waals surface area contributed by atoms with Crippen molar-refractivity contribution in [2.45, 2.75) is 40.0 Å². The van der Waals surface area contributed by atoms with Gasteiger partial charge in [-0.25, -0.2) is 4.79 Å². The molecule has 0 spiro atoms. The van der Waals surface area contributed by atoms with Crippen LogP contribution in [0.5, 0.6) is 5.75 Å². The van der Waals surface area contributed by atoms with Crippen LogP contribution in [0.4, 0.5) is 10.5 Å². The minimum Gasteiger partial charge on any atom is -0.492 e. The first-order valence-electron chi connectivity index (χ1n) is 7.58. The quantitative estimate of drug-likeness (QED) is 0.579. The fourth-order valence-electron chi connectivity index (χ4n) is 2.35. The van der Waals surface area contributed by atoms with Gasteiger partial charge >= 0.3 is 6.09 Å². The fraction of sp³-hybridized carbons (Fsp3) is 0.529. The van der Waals surface area contributed by atoms with Crippen LogP contribution in [0, 0.1) is 0 Å². The van der Waals surface area contributed by atoms with E-state index in [1.165, 1.54) is 4.90 Å². The number of carbonyl (C=O) groups excluding carboxylic acids is 1. The molecule has 0 fully saturated rings. The Morgan fingerprint density at radius 3 is 2.26 bits per heavy atom. The molecule has 1 N–H and O–H groups in total. The van der Waals surface area contributed by atoms with E-state index in [0.717, 1.165) is 5.56 Å². The summed E-state index contributed by atoms with van der Waals surface area (Å²) in [6.07, 6.45) is -1.04. The Balaban J connectivity index is 3.74. The van der Waals surface area contributed by atoms with Crippen LogP contribution in [0.3, 0.4) is 0 Å². The molecule has 1 aromatic carbocycles. The Labute approximate surface area is 145 Å². The van der Waals surface area contributed by atoms with Crippen LogP contribution in [0.15, 0.2) is 12.1 Å². The number of carbonyl (C=O) groups is 2. The van der Waals surface area contributed by atoms with E-state index in [1.54, 1.807) is 19.1 Å². The number of nitrogens with zero attached hydrogens (tertiary/aromatic N) is 1. The molecule has 0 aliphatic rings. The summed E-state index contributed by atoms with van der Waals surface area (Å²) < 4.78 is 5.67. The van der Waals surface area contributed by atoms with Gasteiger partial charge < -0.3 is 9.84 Å². The maximum atomic E-state index is 12.1. The second-order valence-electron chi connectivity index (χ2n) is 6.14. The van der Waals surface area contributed by atoms with Crippen molar-refractivity contribution in [3.8, 4) is 5.75 Å². The van der Waals surface area contributed by atoms with Gasteiger partial charge in [-0.2, -0.15) is 0 Å². The predicted molar refractivity (Wildman–Crippen MR) is 95.5 cm³/mol. The Morgan fingerprint density at radius 2 is 1.87 bits per heavy atom. The van der Waals surface area contributed by atoms with Crippen molar-refractivity contribution in [1.29, 1.82) is 0 Å². The molecule has 0 aliphatic heterocycles. The summed E-state index contributed by atoms with van der Waals surface area (Å²) in [6, 6.07) is 3.40. The largest absolute Gasteiger partial charge is 0.492 e. The molecule has 0 saturated carbocycles. The van der Waals surface area contributed by atoms with Gasteiger partial charge in [0.25, 0.3) is 0 Å². The maximum absolute atomic E-state index is 12.1. The van der Waals surface area contributed by atoms with E-state index >= 15 is 0 Å². The van der Waals surface area contributed by atoms with Crippen LogP contribution in [0.2, 0.25) is 0 Å². The molecule has 0 aromatic heterocycles. The smallest absolute Gasteiger partial charge is 0.411 e. The minimum absolute atomic E-state index is 0.0682. The highest BCUT2D eigenvalue weighted by molar-refractivity contribution is 9.09. The molecule has 128 valence electrons. The van der Waals surface area contributed by atoms with Gasteiger partial charge in [0.2, 0.25) is 0 Å². The molecule has 0 heterocycles. The SMILES string of the molecule is CCOc1cc(C(=O)CBr)cc(C(C)(C)C)c1N(CC)C(=O)O. The van der Waals surface area contributed by atoms with E-state index in [4.69, 9.17) is 4.74 Å². The first-order chi connectivity index (χ1) is 10.7. The third-order valence-corrected chi connectivity index (χ3v) is 3.95. The average molecular weight is 386 g/mol. The topological polar surface area (TPSA) is 66.8 Å². The lowest BCUT2D eigenvalue weighted by molar-refractivity contribution is 0.102. The number of hydrogen-bond acceptors (Lipinski definition) is 3. The summed E-state index contributed by atoms with van der Waals surface area (Å²) in [7, 11) is 0. The van der Waals surface area contributed by atoms with E-state index in [2.05, 4.69) is 15.9 Å². The first kappa shape index (κ1) is 19.5. The number of rotatable bonds is 6. The van der Waals surface area contributed by atoms with Gasteiger partial charge in [-0.3, -0.25) is 9.69 Å². The van der Waals surface area contributed by atoms with Gasteiger partial charge in [0, 0.05) is 12.1 Å². The summed E-state index contributed by atoms with van der Waals surface area (Å²) in [5.41, 5.74) is 1.46. The van der Waals surface area contributed by atoms with Crippen LogP contribution in [0.1, 0.15) is 50.5 Å². The molecule has 0 saturated heterocycles. The van der Waals surface area contributed by atoms with Crippen molar-refractivity contribution in [2.24, 2.45) is 0 Å². The summed E-state index contributed by atoms with van der Waals surface area (Å²) in [5.74, 6) is 0.356. The van der Waals surface area contributed by atoms with Gasteiger partial charge in [0.15, 0.2) is 5.78 Å². The van der Waals surface area contributed by atoms with Gasteiger partial charge in [-0.1, -0.05) is 36.7 Å². The van der Waals surface area contributed by atoms with Crippen LogP contribution in [0.25, 0.3) is 0 Å². The monoisotopic (exact) mass is 385 g/mol. The number of anilines is 1. The number of hydrogen-bond donors (Lipinski definition) is 1. The number of halogens is 1. The number of amides is 1. The molecular formula is C17H24BrNO4. The van der Waals surface area contributed by atoms with Gasteiger partial charge in [-0.15, -0.1) is 0 Å². The lowest BCUT2D eigenvalue weighted by Gasteiger charge is -2.30. The van der Waals surface area contributed by atoms with Crippen LogP contribution in [-0.2, 0) is 5.41 Å². The first-order valence-corrected chi connectivity index (χ1v) is 8.70. The van der Waals surface area contributed by atoms with Crippen molar-refractivity contribution in [2.75, 3.05) is 23.4 Å². The molecule has 1 aromatic rings. The molecule has 23 heavy (non-hydrogen) atoms. The molecule has 1 rings (SSSR count). The van der Waals surface area contributed by atoms with E-state index < -0.39 is 6.09 Å². The third kappa shape index (κ3) is 4.47. The predicted octanol–water partition coefficient (Wildman–Crippen LogP) is 4.46. The highest BCUT2D eigenvalue weighted by Crippen LogP contribution is 2.40. The summed E-state index contributed by atoms with van der Waals surface area (Å²) >= 11 is 3.18. The second-order valence-corrected chi connectivity index (χ2v) is 6.70. The lowest BCUT2D eigenvalue weighted by Crippen LogP contribution is -2.32. The summed E-state index contributed by atoms with van der Waals surface area (Å²) in [4.78, 5) is 25.0. The van der Waals surface area contributed by atoms with Crippen molar-refractivity contribution < 1.29 is 19.4 Å². The number of Topliss-reactive ketones (excluding diaryl/α,β-unsaturated/α-hetero) is 1. The molecule has 0 atom stereocenters. The normalized spacial score (nSPS) is 11.2. The Bertz CT molecular complexity index is 593. The Hall–Kier alpha value is -1.56. The number of carboxylic acid groups (broad SMARTS) is 1. The number of ether oxygens (including phenoxy) is 1. The van der Waals surface area contributed by atoms with E-state index in [9.17, 15) is 14.7 Å². The summed E-state index contributed by atoms with van der Waals surface area (Å²) in [5, 5.41) is 9.74. The molecule has 5 nitrogen and oxygen atoms in total. The second kappa shape index (κ2) is 7.81. The number of benzene rings is 1. The molecule has 0 bridgehead atoms. The number of alkyl halides is 1. The fourth-order valence-corrected chi connectivity index (χ4v) is 2.67. The maximum Gasteiger partial charge on any atom is 0.411 e. The van der Waals surface area contributed by atoms with Crippen LogP contribution < -0.4 is 9.64 Å².